The van der Waals surface area contributed by atoms with E-state index in [-0.39, 0.29) is 5.91 Å². The van der Waals surface area contributed by atoms with Gasteiger partial charge in [-0.2, -0.15) is 0 Å². The van der Waals surface area contributed by atoms with Crippen LogP contribution in [0.5, 0.6) is 5.75 Å². The van der Waals surface area contributed by atoms with Gasteiger partial charge < -0.3 is 10.1 Å². The monoisotopic (exact) mass is 180 g/mol. The third kappa shape index (κ3) is 2.74. The number of pyridine rings is 1. The molecule has 13 heavy (non-hydrogen) atoms. The van der Waals surface area contributed by atoms with Crippen molar-refractivity contribution in [1.82, 2.24) is 10.3 Å². The largest absolute Gasteiger partial charge is 0.495 e. The average Bonchev–Trinajstić information content (AvgIpc) is 2.15. The molecule has 0 saturated carbocycles. The number of hydrogen-bond donors (Lipinski definition) is 1. The van der Waals surface area contributed by atoms with E-state index >= 15 is 0 Å². The Kier molecular flexibility index (Phi) is 3.25. The highest BCUT2D eigenvalue weighted by Gasteiger charge is 2.02. The number of nitrogens with one attached hydrogen (secondary N) is 1. The summed E-state index contributed by atoms with van der Waals surface area (Å²) in [4.78, 5) is 14.7. The molecule has 0 bridgehead atoms. The molecule has 1 aromatic heterocycles. The third-order valence-electron chi connectivity index (χ3n) is 1.57. The fraction of sp³-hybridized carbons (Fsp3) is 0.333. The summed E-state index contributed by atoms with van der Waals surface area (Å²) in [6, 6.07) is 3.60. The lowest BCUT2D eigenvalue weighted by Crippen LogP contribution is -2.20. The molecule has 0 radical (unpaired) electrons. The van der Waals surface area contributed by atoms with Crippen LogP contribution >= 0.6 is 0 Å². The molecule has 0 spiro atoms. The number of aromatic nitrogens is 1. The fourth-order valence-electron chi connectivity index (χ4n) is 0.950. The standard InChI is InChI=1S/C9H12N2O2/c1-7(12)11-6-8-9(13-2)4-3-5-10-8/h3-5H,6H2,1-2H3,(H,11,12). The van der Waals surface area contributed by atoms with Crippen LogP contribution in [0, 0.1) is 0 Å². The van der Waals surface area contributed by atoms with Gasteiger partial charge >= 0.3 is 0 Å². The van der Waals surface area contributed by atoms with E-state index in [0.717, 1.165) is 5.69 Å². The van der Waals surface area contributed by atoms with Crippen molar-refractivity contribution >= 4 is 5.91 Å². The van der Waals surface area contributed by atoms with E-state index < -0.39 is 0 Å². The second kappa shape index (κ2) is 4.45. The van der Waals surface area contributed by atoms with Crippen LogP contribution in [0.4, 0.5) is 0 Å². The molecular formula is C9H12N2O2. The van der Waals surface area contributed by atoms with E-state index in [1.165, 1.54) is 6.92 Å². The molecule has 1 N–H and O–H groups in total. The van der Waals surface area contributed by atoms with E-state index in [9.17, 15) is 4.79 Å². The zero-order valence-electron chi connectivity index (χ0n) is 7.70. The minimum atomic E-state index is -0.0762. The van der Waals surface area contributed by atoms with Crippen LogP contribution in [-0.4, -0.2) is 18.0 Å². The minimum absolute atomic E-state index is 0.0762. The first-order valence-electron chi connectivity index (χ1n) is 3.96. The van der Waals surface area contributed by atoms with Gasteiger partial charge in [0.05, 0.1) is 13.7 Å². The van der Waals surface area contributed by atoms with Gasteiger partial charge in [0.2, 0.25) is 5.91 Å². The lowest BCUT2D eigenvalue weighted by Gasteiger charge is -2.06. The summed E-state index contributed by atoms with van der Waals surface area (Å²) >= 11 is 0. The van der Waals surface area contributed by atoms with Gasteiger partial charge in [-0.15, -0.1) is 0 Å². The Morgan fingerprint density at radius 3 is 3.08 bits per heavy atom. The number of methoxy groups -OCH3 is 1. The van der Waals surface area contributed by atoms with Crippen molar-refractivity contribution in [3.05, 3.63) is 24.0 Å². The fourth-order valence-corrected chi connectivity index (χ4v) is 0.950. The number of ether oxygens (including phenoxy) is 1. The van der Waals surface area contributed by atoms with E-state index in [4.69, 9.17) is 4.74 Å². The summed E-state index contributed by atoms with van der Waals surface area (Å²) in [6.07, 6.45) is 1.67. The maximum atomic E-state index is 10.6. The second-order valence-electron chi connectivity index (χ2n) is 2.56. The molecule has 0 saturated heterocycles. The summed E-state index contributed by atoms with van der Waals surface area (Å²) in [6.45, 7) is 1.87. The molecule has 1 rings (SSSR count). The van der Waals surface area contributed by atoms with Crippen LogP contribution in [0.1, 0.15) is 12.6 Å². The number of hydrogen-bond acceptors (Lipinski definition) is 3. The number of carbonyl (C=O) groups is 1. The minimum Gasteiger partial charge on any atom is -0.495 e. The van der Waals surface area contributed by atoms with Crippen LogP contribution in [0.2, 0.25) is 0 Å². The molecule has 1 aromatic rings. The molecule has 0 atom stereocenters. The van der Waals surface area contributed by atoms with Crippen molar-refractivity contribution in [2.45, 2.75) is 13.5 Å². The van der Waals surface area contributed by atoms with Crippen molar-refractivity contribution < 1.29 is 9.53 Å². The zero-order chi connectivity index (χ0) is 9.68. The van der Waals surface area contributed by atoms with E-state index in [2.05, 4.69) is 10.3 Å². The molecule has 0 aliphatic carbocycles. The second-order valence-corrected chi connectivity index (χ2v) is 2.56. The highest BCUT2D eigenvalue weighted by molar-refractivity contribution is 5.72. The van der Waals surface area contributed by atoms with Gasteiger partial charge in [0.25, 0.3) is 0 Å². The first kappa shape index (κ1) is 9.51. The van der Waals surface area contributed by atoms with Crippen molar-refractivity contribution in [2.75, 3.05) is 7.11 Å². The predicted octanol–water partition coefficient (Wildman–Crippen LogP) is 0.726. The number of carbonyl (C=O) groups excluding carboxylic acids is 1. The normalized spacial score (nSPS) is 9.38. The summed E-state index contributed by atoms with van der Waals surface area (Å²) < 4.78 is 5.06. The molecule has 1 amide bonds. The van der Waals surface area contributed by atoms with E-state index in [1.54, 1.807) is 19.4 Å². The SMILES string of the molecule is COc1cccnc1CNC(C)=O. The highest BCUT2D eigenvalue weighted by atomic mass is 16.5. The summed E-state index contributed by atoms with van der Waals surface area (Å²) in [5.41, 5.74) is 0.736. The third-order valence-corrected chi connectivity index (χ3v) is 1.57. The van der Waals surface area contributed by atoms with E-state index in [0.29, 0.717) is 12.3 Å². The van der Waals surface area contributed by atoms with Crippen molar-refractivity contribution in [1.29, 1.82) is 0 Å². The molecular weight excluding hydrogens is 168 g/mol. The zero-order valence-corrected chi connectivity index (χ0v) is 7.70. The lowest BCUT2D eigenvalue weighted by molar-refractivity contribution is -0.119. The molecule has 0 aromatic carbocycles. The maximum absolute atomic E-state index is 10.6. The number of rotatable bonds is 3. The van der Waals surface area contributed by atoms with E-state index in [1.807, 2.05) is 6.07 Å². The van der Waals surface area contributed by atoms with Crippen molar-refractivity contribution in [3.8, 4) is 5.75 Å². The van der Waals surface area contributed by atoms with Crippen LogP contribution in [0.3, 0.4) is 0 Å². The Morgan fingerprint density at radius 2 is 2.46 bits per heavy atom. The predicted molar refractivity (Wildman–Crippen MR) is 48.3 cm³/mol. The topological polar surface area (TPSA) is 51.2 Å². The van der Waals surface area contributed by atoms with Gasteiger partial charge in [-0.25, -0.2) is 0 Å². The van der Waals surface area contributed by atoms with Gasteiger partial charge in [-0.05, 0) is 12.1 Å². The Labute approximate surface area is 76.9 Å². The van der Waals surface area contributed by atoms with Crippen molar-refractivity contribution in [2.24, 2.45) is 0 Å². The molecule has 0 aliphatic rings. The van der Waals surface area contributed by atoms with Crippen molar-refractivity contribution in [3.63, 3.8) is 0 Å². The maximum Gasteiger partial charge on any atom is 0.217 e. The van der Waals surface area contributed by atoms with Gasteiger partial charge in [-0.3, -0.25) is 9.78 Å². The Balaban J connectivity index is 2.69. The Morgan fingerprint density at radius 1 is 1.69 bits per heavy atom. The van der Waals surface area contributed by atoms with Crippen LogP contribution in [0.15, 0.2) is 18.3 Å². The molecule has 4 nitrogen and oxygen atoms in total. The van der Waals surface area contributed by atoms with Crippen LogP contribution in [-0.2, 0) is 11.3 Å². The highest BCUT2D eigenvalue weighted by Crippen LogP contribution is 2.13. The average molecular weight is 180 g/mol. The molecule has 0 aliphatic heterocycles. The summed E-state index contributed by atoms with van der Waals surface area (Å²) in [5.74, 6) is 0.615. The van der Waals surface area contributed by atoms with Gasteiger partial charge in [0.1, 0.15) is 11.4 Å². The smallest absolute Gasteiger partial charge is 0.217 e. The Bertz CT molecular complexity index is 299. The van der Waals surface area contributed by atoms with Gasteiger partial charge in [-0.1, -0.05) is 0 Å². The summed E-state index contributed by atoms with van der Waals surface area (Å²) in [7, 11) is 1.58. The first-order valence-corrected chi connectivity index (χ1v) is 3.96. The molecule has 0 fully saturated rings. The number of amides is 1. The molecule has 4 heteroatoms. The first-order chi connectivity index (χ1) is 6.24. The molecule has 1 heterocycles. The molecule has 0 unspecified atom stereocenters. The quantitative estimate of drug-likeness (QED) is 0.745. The molecule has 70 valence electrons. The Hall–Kier alpha value is -1.58. The van der Waals surface area contributed by atoms with Gasteiger partial charge in [0, 0.05) is 13.1 Å². The lowest BCUT2D eigenvalue weighted by atomic mass is 10.3. The van der Waals surface area contributed by atoms with Crippen LogP contribution < -0.4 is 10.1 Å². The number of nitrogens with zero attached hydrogens (tertiary/aromatic N) is 1. The van der Waals surface area contributed by atoms with Crippen LogP contribution in [0.25, 0.3) is 0 Å². The summed E-state index contributed by atoms with van der Waals surface area (Å²) in [5, 5.41) is 2.66. The van der Waals surface area contributed by atoms with Gasteiger partial charge in [0.15, 0.2) is 0 Å².